The first-order chi connectivity index (χ1) is 12.9. The Kier molecular flexibility index (Phi) is 5.35. The minimum absolute atomic E-state index is 0.201. The summed E-state index contributed by atoms with van der Waals surface area (Å²) in [6, 6.07) is 15.9. The van der Waals surface area contributed by atoms with Crippen LogP contribution in [0.3, 0.4) is 0 Å². The number of hydrogen-bond acceptors (Lipinski definition) is 4. The van der Waals surface area contributed by atoms with Crippen molar-refractivity contribution in [2.24, 2.45) is 0 Å². The van der Waals surface area contributed by atoms with Crippen LogP contribution in [-0.2, 0) is 4.79 Å². The molecule has 0 aliphatic rings. The van der Waals surface area contributed by atoms with Crippen molar-refractivity contribution >= 4 is 11.6 Å². The normalized spacial score (nSPS) is 10.5. The van der Waals surface area contributed by atoms with Gasteiger partial charge in [-0.1, -0.05) is 23.8 Å². The summed E-state index contributed by atoms with van der Waals surface area (Å²) in [5.41, 5.74) is 4.38. The van der Waals surface area contributed by atoms with Crippen LogP contribution in [-0.4, -0.2) is 22.3 Å². The molecule has 0 unspecified atom stereocenters. The molecule has 1 N–H and O–H groups in total. The Morgan fingerprint density at radius 2 is 1.74 bits per heavy atom. The number of amides is 1. The fourth-order valence-electron chi connectivity index (χ4n) is 2.49. The number of rotatable bonds is 5. The van der Waals surface area contributed by atoms with Gasteiger partial charge in [-0.05, 0) is 56.2 Å². The van der Waals surface area contributed by atoms with Gasteiger partial charge in [0, 0.05) is 17.8 Å². The molecule has 27 heavy (non-hydrogen) atoms. The zero-order valence-corrected chi connectivity index (χ0v) is 15.5. The van der Waals surface area contributed by atoms with Gasteiger partial charge in [-0.15, -0.1) is 5.10 Å². The van der Waals surface area contributed by atoms with E-state index in [1.165, 1.54) is 16.8 Å². The molecule has 3 rings (SSSR count). The maximum atomic E-state index is 12.1. The Morgan fingerprint density at radius 1 is 1.00 bits per heavy atom. The molecule has 0 radical (unpaired) electrons. The van der Waals surface area contributed by atoms with Crippen LogP contribution in [0.2, 0.25) is 0 Å². The van der Waals surface area contributed by atoms with Crippen molar-refractivity contribution < 1.29 is 9.53 Å². The van der Waals surface area contributed by atoms with Gasteiger partial charge in [0.15, 0.2) is 6.61 Å². The molecule has 0 bridgehead atoms. The van der Waals surface area contributed by atoms with E-state index in [9.17, 15) is 9.59 Å². The quantitative estimate of drug-likeness (QED) is 0.756. The van der Waals surface area contributed by atoms with Gasteiger partial charge < -0.3 is 10.1 Å². The molecular weight excluding hydrogens is 342 g/mol. The van der Waals surface area contributed by atoms with Gasteiger partial charge in [0.2, 0.25) is 5.88 Å². The van der Waals surface area contributed by atoms with Gasteiger partial charge in [0.1, 0.15) is 0 Å². The van der Waals surface area contributed by atoms with Crippen molar-refractivity contribution in [1.29, 1.82) is 0 Å². The number of ether oxygens (including phenoxy) is 1. The zero-order chi connectivity index (χ0) is 19.4. The van der Waals surface area contributed by atoms with E-state index in [-0.39, 0.29) is 24.0 Å². The predicted molar refractivity (Wildman–Crippen MR) is 105 cm³/mol. The molecule has 0 spiro atoms. The van der Waals surface area contributed by atoms with Gasteiger partial charge >= 0.3 is 0 Å². The third-order valence-corrected chi connectivity index (χ3v) is 4.20. The smallest absolute Gasteiger partial charge is 0.271 e. The topological polar surface area (TPSA) is 73.2 Å². The Hall–Kier alpha value is -3.41. The third-order valence-electron chi connectivity index (χ3n) is 4.20. The van der Waals surface area contributed by atoms with Crippen LogP contribution in [0.1, 0.15) is 16.7 Å². The highest BCUT2D eigenvalue weighted by Gasteiger charge is 2.08. The standard InChI is InChI=1S/C21H21N3O3/c1-14-4-7-17(8-5-14)22-19(25)13-27-20-10-11-21(26)24(23-20)18-9-6-15(2)16(3)12-18/h4-12H,13H2,1-3H3,(H,22,25). The van der Waals surface area contributed by atoms with Crippen LogP contribution in [0.25, 0.3) is 5.69 Å². The molecule has 6 nitrogen and oxygen atoms in total. The number of carbonyl (C=O) groups is 1. The highest BCUT2D eigenvalue weighted by molar-refractivity contribution is 5.91. The first-order valence-electron chi connectivity index (χ1n) is 8.60. The van der Waals surface area contributed by atoms with E-state index >= 15 is 0 Å². The van der Waals surface area contributed by atoms with E-state index in [4.69, 9.17) is 4.74 Å². The lowest BCUT2D eigenvalue weighted by Crippen LogP contribution is -2.23. The second-order valence-electron chi connectivity index (χ2n) is 6.39. The molecule has 3 aromatic rings. The molecule has 0 atom stereocenters. The average Bonchev–Trinajstić information content (AvgIpc) is 2.65. The van der Waals surface area contributed by atoms with Crippen LogP contribution in [0.5, 0.6) is 5.88 Å². The van der Waals surface area contributed by atoms with Crippen molar-refractivity contribution in [3.63, 3.8) is 0 Å². The lowest BCUT2D eigenvalue weighted by Gasteiger charge is -2.10. The number of aryl methyl sites for hydroxylation is 3. The molecule has 0 fully saturated rings. The number of benzene rings is 2. The lowest BCUT2D eigenvalue weighted by molar-refractivity contribution is -0.118. The van der Waals surface area contributed by atoms with E-state index in [1.807, 2.05) is 63.2 Å². The number of carbonyl (C=O) groups excluding carboxylic acids is 1. The Bertz CT molecular complexity index is 1020. The summed E-state index contributed by atoms with van der Waals surface area (Å²) in [7, 11) is 0. The summed E-state index contributed by atoms with van der Waals surface area (Å²) < 4.78 is 6.72. The summed E-state index contributed by atoms with van der Waals surface area (Å²) in [6.07, 6.45) is 0. The number of nitrogens with one attached hydrogen (secondary N) is 1. The van der Waals surface area contributed by atoms with E-state index in [0.717, 1.165) is 16.7 Å². The largest absolute Gasteiger partial charge is 0.467 e. The second-order valence-corrected chi connectivity index (χ2v) is 6.39. The number of anilines is 1. The molecule has 0 saturated heterocycles. The third kappa shape index (κ3) is 4.61. The molecule has 138 valence electrons. The summed E-state index contributed by atoms with van der Waals surface area (Å²) in [6.45, 7) is 5.75. The van der Waals surface area contributed by atoms with Crippen LogP contribution in [0.15, 0.2) is 59.4 Å². The summed E-state index contributed by atoms with van der Waals surface area (Å²) in [5, 5.41) is 6.96. The molecule has 0 aliphatic heterocycles. The summed E-state index contributed by atoms with van der Waals surface area (Å²) in [4.78, 5) is 24.2. The van der Waals surface area contributed by atoms with E-state index in [0.29, 0.717) is 11.4 Å². The molecule has 0 aliphatic carbocycles. The number of nitrogens with zero attached hydrogens (tertiary/aromatic N) is 2. The molecular formula is C21H21N3O3. The lowest BCUT2D eigenvalue weighted by atomic mass is 10.1. The highest BCUT2D eigenvalue weighted by Crippen LogP contribution is 2.13. The van der Waals surface area contributed by atoms with Crippen LogP contribution >= 0.6 is 0 Å². The van der Waals surface area contributed by atoms with E-state index < -0.39 is 0 Å². The monoisotopic (exact) mass is 363 g/mol. The number of hydrogen-bond donors (Lipinski definition) is 1. The molecule has 6 heteroatoms. The minimum atomic E-state index is -0.301. The van der Waals surface area contributed by atoms with Gasteiger partial charge in [-0.3, -0.25) is 9.59 Å². The van der Waals surface area contributed by atoms with Gasteiger partial charge in [-0.2, -0.15) is 4.68 Å². The van der Waals surface area contributed by atoms with Crippen molar-refractivity contribution in [2.75, 3.05) is 11.9 Å². The van der Waals surface area contributed by atoms with Crippen molar-refractivity contribution in [3.8, 4) is 11.6 Å². The molecule has 1 aromatic heterocycles. The van der Waals surface area contributed by atoms with Crippen LogP contribution in [0.4, 0.5) is 5.69 Å². The van der Waals surface area contributed by atoms with E-state index in [1.54, 1.807) is 0 Å². The minimum Gasteiger partial charge on any atom is -0.467 e. The zero-order valence-electron chi connectivity index (χ0n) is 15.5. The predicted octanol–water partition coefficient (Wildman–Crippen LogP) is 3.18. The molecule has 1 heterocycles. The summed E-state index contributed by atoms with van der Waals surface area (Å²) in [5.74, 6) is -0.100. The Morgan fingerprint density at radius 3 is 2.44 bits per heavy atom. The second kappa shape index (κ2) is 7.86. The van der Waals surface area contributed by atoms with Gasteiger partial charge in [0.05, 0.1) is 5.69 Å². The van der Waals surface area contributed by atoms with Crippen LogP contribution < -0.4 is 15.6 Å². The first kappa shape index (κ1) is 18.4. The Balaban J connectivity index is 1.70. The molecule has 1 amide bonds. The maximum Gasteiger partial charge on any atom is 0.271 e. The van der Waals surface area contributed by atoms with Crippen molar-refractivity contribution in [1.82, 2.24) is 9.78 Å². The molecule has 0 saturated carbocycles. The van der Waals surface area contributed by atoms with Gasteiger partial charge in [0.25, 0.3) is 11.5 Å². The van der Waals surface area contributed by atoms with Crippen molar-refractivity contribution in [2.45, 2.75) is 20.8 Å². The summed E-state index contributed by atoms with van der Waals surface area (Å²) >= 11 is 0. The van der Waals surface area contributed by atoms with Crippen molar-refractivity contribution in [3.05, 3.63) is 81.6 Å². The van der Waals surface area contributed by atoms with Crippen LogP contribution in [0, 0.1) is 20.8 Å². The van der Waals surface area contributed by atoms with E-state index in [2.05, 4.69) is 10.4 Å². The fourth-order valence-corrected chi connectivity index (χ4v) is 2.49. The molecule has 2 aromatic carbocycles. The SMILES string of the molecule is Cc1ccc(NC(=O)COc2ccc(=O)n(-c3ccc(C)c(C)c3)n2)cc1. The highest BCUT2D eigenvalue weighted by atomic mass is 16.5. The maximum absolute atomic E-state index is 12.1. The number of aromatic nitrogens is 2. The first-order valence-corrected chi connectivity index (χ1v) is 8.60. The Labute approximate surface area is 157 Å². The van der Waals surface area contributed by atoms with Gasteiger partial charge in [-0.25, -0.2) is 0 Å². The fraction of sp³-hybridized carbons (Fsp3) is 0.190. The average molecular weight is 363 g/mol.